The number of aromatic nitrogens is 1. The lowest BCUT2D eigenvalue weighted by Gasteiger charge is -2.13. The van der Waals surface area contributed by atoms with Crippen molar-refractivity contribution in [1.29, 1.82) is 0 Å². The van der Waals surface area contributed by atoms with E-state index in [2.05, 4.69) is 16.4 Å². The average molecular weight is 387 g/mol. The summed E-state index contributed by atoms with van der Waals surface area (Å²) >= 11 is 6.28. The third-order valence-electron chi connectivity index (χ3n) is 4.30. The first-order valence-corrected chi connectivity index (χ1v) is 9.35. The number of nitrogens with one attached hydrogen (secondary N) is 2. The topological polar surface area (TPSA) is 63.3 Å². The van der Waals surface area contributed by atoms with Crippen molar-refractivity contribution in [3.8, 4) is 11.5 Å². The predicted molar refractivity (Wildman–Crippen MR) is 108 cm³/mol. The van der Waals surface area contributed by atoms with Crippen LogP contribution in [0.2, 0.25) is 5.02 Å². The van der Waals surface area contributed by atoms with Gasteiger partial charge < -0.3 is 19.8 Å². The summed E-state index contributed by atoms with van der Waals surface area (Å²) in [6, 6.07) is 11.4. The van der Waals surface area contributed by atoms with Crippen molar-refractivity contribution >= 4 is 28.4 Å². The lowest BCUT2D eigenvalue weighted by atomic mass is 10.1. The Morgan fingerprint density at radius 2 is 2.07 bits per heavy atom. The Labute approximate surface area is 163 Å². The lowest BCUT2D eigenvalue weighted by Crippen LogP contribution is -2.25. The van der Waals surface area contributed by atoms with Crippen molar-refractivity contribution in [2.45, 2.75) is 19.8 Å². The third-order valence-corrected chi connectivity index (χ3v) is 4.58. The summed E-state index contributed by atoms with van der Waals surface area (Å²) in [6.07, 6.45) is 3.57. The van der Waals surface area contributed by atoms with E-state index in [9.17, 15) is 4.79 Å². The van der Waals surface area contributed by atoms with Crippen LogP contribution in [0.25, 0.3) is 10.9 Å². The van der Waals surface area contributed by atoms with Crippen LogP contribution in [0, 0.1) is 0 Å². The van der Waals surface area contributed by atoms with E-state index in [1.807, 2.05) is 31.3 Å². The molecule has 1 amide bonds. The Morgan fingerprint density at radius 3 is 2.85 bits per heavy atom. The van der Waals surface area contributed by atoms with Gasteiger partial charge in [0.2, 0.25) is 0 Å². The fourth-order valence-electron chi connectivity index (χ4n) is 2.95. The molecule has 0 aliphatic rings. The number of benzene rings is 2. The Bertz CT molecular complexity index is 936. The molecule has 5 nitrogen and oxygen atoms in total. The summed E-state index contributed by atoms with van der Waals surface area (Å²) < 4.78 is 11.0. The zero-order valence-electron chi connectivity index (χ0n) is 15.5. The van der Waals surface area contributed by atoms with Crippen molar-refractivity contribution in [2.75, 3.05) is 20.3 Å². The second-order valence-electron chi connectivity index (χ2n) is 6.20. The molecule has 0 aliphatic carbocycles. The summed E-state index contributed by atoms with van der Waals surface area (Å²) in [4.78, 5) is 15.8. The minimum Gasteiger partial charge on any atom is -0.493 e. The van der Waals surface area contributed by atoms with E-state index in [1.54, 1.807) is 12.1 Å². The highest BCUT2D eigenvalue weighted by Crippen LogP contribution is 2.36. The molecule has 0 spiro atoms. The summed E-state index contributed by atoms with van der Waals surface area (Å²) in [5.41, 5.74) is 2.71. The maximum absolute atomic E-state index is 12.5. The molecule has 3 aromatic rings. The fraction of sp³-hybridized carbons (Fsp3) is 0.286. The van der Waals surface area contributed by atoms with Crippen LogP contribution >= 0.6 is 11.6 Å². The number of hydrogen-bond donors (Lipinski definition) is 2. The Balaban J connectivity index is 1.66. The van der Waals surface area contributed by atoms with E-state index in [1.165, 1.54) is 18.1 Å². The minimum atomic E-state index is -0.197. The van der Waals surface area contributed by atoms with Gasteiger partial charge in [0.05, 0.1) is 18.7 Å². The average Bonchev–Trinajstić information content (AvgIpc) is 3.09. The summed E-state index contributed by atoms with van der Waals surface area (Å²) in [6.45, 7) is 3.07. The first-order valence-electron chi connectivity index (χ1n) is 8.97. The van der Waals surface area contributed by atoms with Crippen LogP contribution in [-0.2, 0) is 6.42 Å². The summed E-state index contributed by atoms with van der Waals surface area (Å²) in [5.74, 6) is 0.728. The van der Waals surface area contributed by atoms with Crippen molar-refractivity contribution < 1.29 is 14.3 Å². The van der Waals surface area contributed by atoms with Crippen molar-refractivity contribution in [2.24, 2.45) is 0 Å². The molecule has 2 N–H and O–H groups in total. The Kier molecular flexibility index (Phi) is 6.24. The number of carbonyl (C=O) groups excluding carboxylic acids is 1. The molecule has 0 unspecified atom stereocenters. The number of para-hydroxylation sites is 1. The number of fused-ring (bicyclic) bond motifs is 1. The van der Waals surface area contributed by atoms with Gasteiger partial charge in [0, 0.05) is 29.2 Å². The molecule has 0 fully saturated rings. The molecule has 0 radical (unpaired) electrons. The van der Waals surface area contributed by atoms with Gasteiger partial charge in [0.15, 0.2) is 11.5 Å². The first kappa shape index (κ1) is 19.1. The van der Waals surface area contributed by atoms with Gasteiger partial charge in [-0.05, 0) is 36.6 Å². The second kappa shape index (κ2) is 8.82. The molecule has 1 heterocycles. The van der Waals surface area contributed by atoms with Gasteiger partial charge in [-0.15, -0.1) is 0 Å². The number of ether oxygens (including phenoxy) is 2. The lowest BCUT2D eigenvalue weighted by molar-refractivity contribution is 0.0953. The predicted octanol–water partition coefficient (Wildman–Crippen LogP) is 4.59. The van der Waals surface area contributed by atoms with E-state index < -0.39 is 0 Å². The van der Waals surface area contributed by atoms with E-state index >= 15 is 0 Å². The number of rotatable bonds is 8. The highest BCUT2D eigenvalue weighted by Gasteiger charge is 2.16. The third kappa shape index (κ3) is 4.37. The molecule has 6 heteroatoms. The zero-order chi connectivity index (χ0) is 19.2. The molecule has 0 atom stereocenters. The van der Waals surface area contributed by atoms with Gasteiger partial charge in [0.25, 0.3) is 5.91 Å². The molecule has 0 saturated carbocycles. The molecule has 3 rings (SSSR count). The highest BCUT2D eigenvalue weighted by atomic mass is 35.5. The van der Waals surface area contributed by atoms with E-state index in [-0.39, 0.29) is 5.91 Å². The van der Waals surface area contributed by atoms with Crippen LogP contribution in [0.15, 0.2) is 42.6 Å². The van der Waals surface area contributed by atoms with E-state index in [0.29, 0.717) is 35.2 Å². The molecule has 0 saturated heterocycles. The summed E-state index contributed by atoms with van der Waals surface area (Å²) in [5, 5.41) is 4.48. The molecule has 142 valence electrons. The fourth-order valence-corrected chi connectivity index (χ4v) is 3.21. The number of aromatic amines is 1. The number of halogens is 1. The number of carbonyl (C=O) groups is 1. The van der Waals surface area contributed by atoms with Crippen LogP contribution in [0.3, 0.4) is 0 Å². The number of H-pyrrole nitrogens is 1. The molecule has 0 aliphatic heterocycles. The van der Waals surface area contributed by atoms with Crippen LogP contribution in [0.1, 0.15) is 29.3 Å². The molecule has 27 heavy (non-hydrogen) atoms. The quantitative estimate of drug-likeness (QED) is 0.595. The molecular formula is C21H23ClN2O3. The van der Waals surface area contributed by atoms with E-state index in [0.717, 1.165) is 18.4 Å². The van der Waals surface area contributed by atoms with Gasteiger partial charge in [-0.3, -0.25) is 4.79 Å². The zero-order valence-corrected chi connectivity index (χ0v) is 16.2. The number of amides is 1. The first-order chi connectivity index (χ1) is 13.1. The monoisotopic (exact) mass is 386 g/mol. The Morgan fingerprint density at radius 1 is 1.26 bits per heavy atom. The van der Waals surface area contributed by atoms with Gasteiger partial charge >= 0.3 is 0 Å². The SMILES string of the molecule is CCCOc1c(Cl)cc(C(=O)NCCc2c[nH]c3ccccc23)cc1OC. The van der Waals surface area contributed by atoms with Crippen molar-refractivity contribution in [1.82, 2.24) is 10.3 Å². The van der Waals surface area contributed by atoms with Crippen LogP contribution < -0.4 is 14.8 Å². The normalized spacial score (nSPS) is 10.8. The van der Waals surface area contributed by atoms with Gasteiger partial charge in [-0.25, -0.2) is 0 Å². The maximum Gasteiger partial charge on any atom is 0.251 e. The van der Waals surface area contributed by atoms with Crippen LogP contribution in [-0.4, -0.2) is 31.2 Å². The molecule has 1 aromatic heterocycles. The van der Waals surface area contributed by atoms with Gasteiger partial charge in [-0.2, -0.15) is 0 Å². The Hall–Kier alpha value is -2.66. The van der Waals surface area contributed by atoms with Gasteiger partial charge in [-0.1, -0.05) is 36.7 Å². The molecule has 0 bridgehead atoms. The largest absolute Gasteiger partial charge is 0.493 e. The van der Waals surface area contributed by atoms with Crippen LogP contribution in [0.5, 0.6) is 11.5 Å². The van der Waals surface area contributed by atoms with E-state index in [4.69, 9.17) is 21.1 Å². The molecule has 2 aromatic carbocycles. The number of methoxy groups -OCH3 is 1. The minimum absolute atomic E-state index is 0.197. The smallest absolute Gasteiger partial charge is 0.251 e. The summed E-state index contributed by atoms with van der Waals surface area (Å²) in [7, 11) is 1.53. The second-order valence-corrected chi connectivity index (χ2v) is 6.61. The van der Waals surface area contributed by atoms with Crippen molar-refractivity contribution in [3.05, 3.63) is 58.7 Å². The highest BCUT2D eigenvalue weighted by molar-refractivity contribution is 6.32. The maximum atomic E-state index is 12.5. The number of hydrogen-bond acceptors (Lipinski definition) is 3. The van der Waals surface area contributed by atoms with Gasteiger partial charge in [0.1, 0.15) is 0 Å². The van der Waals surface area contributed by atoms with Crippen LogP contribution in [0.4, 0.5) is 0 Å². The van der Waals surface area contributed by atoms with Crippen molar-refractivity contribution in [3.63, 3.8) is 0 Å². The molecular weight excluding hydrogens is 364 g/mol. The standard InChI is InChI=1S/C21H23ClN2O3/c1-3-10-27-20-17(22)11-15(12-19(20)26-2)21(25)23-9-8-14-13-24-18-7-5-4-6-16(14)18/h4-7,11-13,24H,3,8-10H2,1-2H3,(H,23,25).